The summed E-state index contributed by atoms with van der Waals surface area (Å²) in [5.41, 5.74) is -2.71. The lowest BCUT2D eigenvalue weighted by molar-refractivity contribution is -0.142. The summed E-state index contributed by atoms with van der Waals surface area (Å²) >= 11 is 1.11. The van der Waals surface area contributed by atoms with Gasteiger partial charge in [0.05, 0.1) is 23.1 Å². The summed E-state index contributed by atoms with van der Waals surface area (Å²) in [5, 5.41) is -2.60. The lowest BCUT2D eigenvalue weighted by Gasteiger charge is -2.45. The maximum atomic E-state index is 13.5. The summed E-state index contributed by atoms with van der Waals surface area (Å²) in [7, 11) is -7.92. The van der Waals surface area contributed by atoms with Gasteiger partial charge in [-0.25, -0.2) is 4.57 Å². The lowest BCUT2D eigenvalue weighted by Crippen LogP contribution is -2.48. The molecule has 2 heterocycles. The van der Waals surface area contributed by atoms with Crippen LogP contribution in [0.2, 0.25) is 0 Å². The first-order chi connectivity index (χ1) is 18.4. The van der Waals surface area contributed by atoms with Gasteiger partial charge in [-0.05, 0) is 55.4 Å². The van der Waals surface area contributed by atoms with Crippen LogP contribution in [0.3, 0.4) is 0 Å². The molecular formula is C24H40N2O12P2S. The van der Waals surface area contributed by atoms with Crippen molar-refractivity contribution in [2.75, 3.05) is 26.8 Å². The second-order valence-corrected chi connectivity index (χ2v) is 17.3. The smallest absolute Gasteiger partial charge is 0.360 e. The van der Waals surface area contributed by atoms with E-state index in [-0.39, 0.29) is 26.1 Å². The average Bonchev–Trinajstić information content (AvgIpc) is 3.26. The maximum absolute atomic E-state index is 13.5. The molecule has 2 aliphatic heterocycles. The summed E-state index contributed by atoms with van der Waals surface area (Å²) in [6.07, 6.45) is 2.11. The Morgan fingerprint density at radius 2 is 1.41 bits per heavy atom. The van der Waals surface area contributed by atoms with Gasteiger partial charge in [-0.15, -0.1) is 11.8 Å². The van der Waals surface area contributed by atoms with Crippen LogP contribution in [0.15, 0.2) is 12.2 Å². The number of phosphoric acid groups is 1. The second-order valence-electron chi connectivity index (χ2n) is 11.7. The van der Waals surface area contributed by atoms with Gasteiger partial charge < -0.3 is 14.5 Å². The number of carbonyl (C=O) groups is 4. The molecule has 2 rings (SSSR count). The van der Waals surface area contributed by atoms with Gasteiger partial charge in [0.1, 0.15) is 0 Å². The van der Waals surface area contributed by atoms with E-state index in [0.29, 0.717) is 0 Å². The van der Waals surface area contributed by atoms with Crippen LogP contribution >= 0.6 is 27.2 Å². The van der Waals surface area contributed by atoms with Crippen molar-refractivity contribution in [3.8, 4) is 0 Å². The normalized spacial score (nSPS) is 22.1. The number of likely N-dealkylation sites (tertiary alicyclic amines) is 1. The number of amides is 4. The molecule has 4 amide bonds. The fraction of sp³-hybridized carbons (Fsp3) is 0.750. The molecule has 2 aliphatic rings. The van der Waals surface area contributed by atoms with E-state index >= 15 is 0 Å². The Labute approximate surface area is 244 Å². The lowest BCUT2D eigenvalue weighted by atomic mass is 9.94. The molecule has 0 spiro atoms. The molecule has 2 N–H and O–H groups in total. The number of rotatable bonds is 15. The van der Waals surface area contributed by atoms with Crippen LogP contribution < -0.4 is 0 Å². The molecule has 3 unspecified atom stereocenters. The molecule has 0 bridgehead atoms. The van der Waals surface area contributed by atoms with E-state index < -0.39 is 65.6 Å². The van der Waals surface area contributed by atoms with Crippen molar-refractivity contribution in [2.45, 2.75) is 88.4 Å². The number of thioether (sulfide) groups is 1. The number of hydrogen-bond acceptors (Lipinski definition) is 11. The molecule has 17 heteroatoms. The fourth-order valence-electron chi connectivity index (χ4n) is 3.67. The minimum absolute atomic E-state index is 0.122. The van der Waals surface area contributed by atoms with E-state index in [4.69, 9.17) is 13.8 Å². The molecular weight excluding hydrogens is 602 g/mol. The van der Waals surface area contributed by atoms with Crippen LogP contribution in [0.5, 0.6) is 0 Å². The second kappa shape index (κ2) is 12.3. The molecule has 41 heavy (non-hydrogen) atoms. The zero-order valence-corrected chi connectivity index (χ0v) is 27.3. The van der Waals surface area contributed by atoms with Crippen LogP contribution in [0.4, 0.5) is 0 Å². The van der Waals surface area contributed by atoms with E-state index in [2.05, 4.69) is 4.52 Å². The molecule has 1 fully saturated rings. The first kappa shape index (κ1) is 35.8. The fourth-order valence-corrected chi connectivity index (χ4v) is 7.26. The minimum atomic E-state index is -4.57. The number of imide groups is 2. The van der Waals surface area contributed by atoms with Crippen molar-refractivity contribution < 1.29 is 56.4 Å². The Kier molecular flexibility index (Phi) is 10.7. The first-order valence-corrected chi connectivity index (χ1v) is 16.6. The maximum Gasteiger partial charge on any atom is 0.472 e. The van der Waals surface area contributed by atoms with E-state index in [0.717, 1.165) is 40.8 Å². The van der Waals surface area contributed by atoms with Crippen molar-refractivity contribution in [3.63, 3.8) is 0 Å². The largest absolute Gasteiger partial charge is 0.472 e. The van der Waals surface area contributed by atoms with Crippen molar-refractivity contribution in [1.82, 2.24) is 9.80 Å². The van der Waals surface area contributed by atoms with Gasteiger partial charge in [-0.3, -0.25) is 47.1 Å². The predicted octanol–water partition coefficient (Wildman–Crippen LogP) is 2.83. The van der Waals surface area contributed by atoms with Crippen molar-refractivity contribution >= 4 is 50.8 Å². The molecule has 0 aromatic carbocycles. The van der Waals surface area contributed by atoms with Crippen LogP contribution in [-0.4, -0.2) is 96.6 Å². The summed E-state index contributed by atoms with van der Waals surface area (Å²) in [6.45, 7) is 11.5. The Hall–Kier alpha value is -1.41. The highest BCUT2D eigenvalue weighted by atomic mass is 32.2. The number of ether oxygens (including phenoxy) is 1. The number of hydrogen-bond donors (Lipinski definition) is 2. The van der Waals surface area contributed by atoms with E-state index in [9.17, 15) is 38.1 Å². The van der Waals surface area contributed by atoms with Crippen LogP contribution in [0.1, 0.15) is 61.8 Å². The van der Waals surface area contributed by atoms with Crippen LogP contribution in [0, 0.1) is 0 Å². The number of phosphoric ester groups is 1. The Morgan fingerprint density at radius 3 is 1.93 bits per heavy atom. The summed E-state index contributed by atoms with van der Waals surface area (Å²) < 4.78 is 45.1. The van der Waals surface area contributed by atoms with Crippen molar-refractivity contribution in [2.24, 2.45) is 0 Å². The Morgan fingerprint density at radius 1 is 0.902 bits per heavy atom. The quantitative estimate of drug-likeness (QED) is 0.196. The summed E-state index contributed by atoms with van der Waals surface area (Å²) in [6, 6.07) is 0. The van der Waals surface area contributed by atoms with Gasteiger partial charge in [-0.2, -0.15) is 0 Å². The van der Waals surface area contributed by atoms with Gasteiger partial charge in [0.25, 0.3) is 11.8 Å². The van der Waals surface area contributed by atoms with E-state index in [1.54, 1.807) is 27.7 Å². The minimum Gasteiger partial charge on any atom is -0.360 e. The van der Waals surface area contributed by atoms with Gasteiger partial charge >= 0.3 is 15.4 Å². The average molecular weight is 643 g/mol. The van der Waals surface area contributed by atoms with Gasteiger partial charge in [0, 0.05) is 43.5 Å². The highest BCUT2D eigenvalue weighted by Crippen LogP contribution is 2.61. The van der Waals surface area contributed by atoms with Gasteiger partial charge in [0.15, 0.2) is 5.34 Å². The highest BCUT2D eigenvalue weighted by molar-refractivity contribution is 8.02. The summed E-state index contributed by atoms with van der Waals surface area (Å²) in [4.78, 5) is 71.8. The third-order valence-corrected chi connectivity index (χ3v) is 12.0. The van der Waals surface area contributed by atoms with Gasteiger partial charge in [0.2, 0.25) is 11.8 Å². The Balaban J connectivity index is 2.07. The topological polar surface area (TPSA) is 186 Å². The molecule has 1 saturated heterocycles. The molecule has 14 nitrogen and oxygen atoms in total. The Bertz CT molecular complexity index is 1180. The van der Waals surface area contributed by atoms with Crippen molar-refractivity contribution in [1.29, 1.82) is 0 Å². The third kappa shape index (κ3) is 8.58. The molecule has 0 aromatic rings. The van der Waals surface area contributed by atoms with Crippen LogP contribution in [0.25, 0.3) is 0 Å². The predicted molar refractivity (Wildman–Crippen MR) is 150 cm³/mol. The van der Waals surface area contributed by atoms with Crippen molar-refractivity contribution in [3.05, 3.63) is 12.2 Å². The summed E-state index contributed by atoms with van der Waals surface area (Å²) in [5.74, 6) is -1.98. The molecule has 3 atom stereocenters. The SMILES string of the molecule is COP(=O)(O)OC(C)(C)COC(C)(C)P(=O)(O)OC(C)(C)C(C)(C)SC1CC(=O)N(CCN2C(=O)C=CC2=O)C1=O. The third-order valence-electron chi connectivity index (χ3n) is 6.94. The molecule has 0 saturated carbocycles. The number of carbonyl (C=O) groups excluding carboxylic acids is 4. The van der Waals surface area contributed by atoms with Crippen LogP contribution in [-0.2, 0) is 46.6 Å². The molecule has 0 radical (unpaired) electrons. The van der Waals surface area contributed by atoms with E-state index in [1.807, 2.05) is 0 Å². The molecule has 0 aromatic heterocycles. The van der Waals surface area contributed by atoms with E-state index in [1.165, 1.54) is 27.7 Å². The van der Waals surface area contributed by atoms with Gasteiger partial charge in [-0.1, -0.05) is 0 Å². The zero-order chi connectivity index (χ0) is 31.8. The molecule has 234 valence electrons. The molecule has 0 aliphatic carbocycles. The number of nitrogens with zero attached hydrogens (tertiary/aromatic N) is 2. The standard InChI is InChI=1S/C24H40N2O12P2S/c1-21(2,37-40(33,34)35-9)15-36-24(7,8)39(31,32)38-22(3,4)23(5,6)41-16-14-19(29)26(20(16)30)13-12-25-17(27)10-11-18(25)28/h10-11,16H,12-15H2,1-9H3,(H,31,32)(H,33,34). The first-order valence-electron chi connectivity index (χ1n) is 12.7. The highest BCUT2D eigenvalue weighted by Gasteiger charge is 2.53. The monoisotopic (exact) mass is 642 g/mol. The zero-order valence-electron chi connectivity index (χ0n) is 24.7.